The molecule has 0 saturated heterocycles. The summed E-state index contributed by atoms with van der Waals surface area (Å²) < 4.78 is 5.58. The summed E-state index contributed by atoms with van der Waals surface area (Å²) in [7, 11) is 0. The summed E-state index contributed by atoms with van der Waals surface area (Å²) in [5, 5.41) is 8.65. The Balaban J connectivity index is 2.92. The summed E-state index contributed by atoms with van der Waals surface area (Å²) in [6.07, 6.45) is 19.7. The van der Waals surface area contributed by atoms with Crippen molar-refractivity contribution in [2.75, 3.05) is 31.3 Å². The van der Waals surface area contributed by atoms with E-state index in [0.717, 1.165) is 24.7 Å². The molecule has 23 heavy (non-hydrogen) atoms. The largest absolute Gasteiger partial charge is 0.396 e. The molecule has 0 bridgehead atoms. The zero-order valence-corrected chi connectivity index (χ0v) is 16.5. The minimum absolute atomic E-state index is 0.281. The molecule has 0 aliphatic rings. The molecule has 0 spiro atoms. The van der Waals surface area contributed by atoms with E-state index in [2.05, 4.69) is 6.92 Å². The maximum Gasteiger partial charge on any atom is 0.0556 e. The van der Waals surface area contributed by atoms with E-state index in [9.17, 15) is 0 Å². The first-order valence-electron chi connectivity index (χ1n) is 10.2. The Kier molecular flexibility index (Phi) is 22.5. The van der Waals surface area contributed by atoms with E-state index in [1.807, 2.05) is 0 Å². The highest BCUT2D eigenvalue weighted by Gasteiger charge is 1.95. The Morgan fingerprint density at radius 3 is 1.57 bits per heavy atom. The predicted molar refractivity (Wildman–Crippen MR) is 106 cm³/mol. The first-order chi connectivity index (χ1) is 11.4. The van der Waals surface area contributed by atoms with Crippen LogP contribution < -0.4 is 0 Å². The molecule has 0 aromatic rings. The molecule has 0 amide bonds. The molecule has 0 aromatic heterocycles. The third-order valence-corrected chi connectivity index (χ3v) is 5.18. The maximum atomic E-state index is 8.65. The van der Waals surface area contributed by atoms with Gasteiger partial charge in [-0.1, -0.05) is 90.4 Å². The second-order valence-electron chi connectivity index (χ2n) is 6.54. The molecule has 0 fully saturated rings. The van der Waals surface area contributed by atoms with Gasteiger partial charge in [0.2, 0.25) is 0 Å². The zero-order valence-electron chi connectivity index (χ0n) is 15.7. The number of aliphatic hydroxyl groups excluding tert-OH is 1. The van der Waals surface area contributed by atoms with Crippen LogP contribution in [0.4, 0.5) is 0 Å². The predicted octanol–water partition coefficient (Wildman–Crippen LogP) is 6.21. The molecule has 0 aliphatic heterocycles. The zero-order chi connectivity index (χ0) is 16.8. The Morgan fingerprint density at radius 2 is 1.09 bits per heavy atom. The number of hydrogen-bond acceptors (Lipinski definition) is 3. The van der Waals surface area contributed by atoms with Gasteiger partial charge in [0.15, 0.2) is 0 Å². The molecule has 0 aromatic carbocycles. The van der Waals surface area contributed by atoms with Gasteiger partial charge in [-0.15, -0.1) is 0 Å². The van der Waals surface area contributed by atoms with Crippen molar-refractivity contribution in [1.29, 1.82) is 0 Å². The third-order valence-electron chi connectivity index (χ3n) is 4.25. The van der Waals surface area contributed by atoms with Crippen LogP contribution in [0.3, 0.4) is 0 Å². The molecule has 0 atom stereocenters. The topological polar surface area (TPSA) is 29.5 Å². The second-order valence-corrected chi connectivity index (χ2v) is 7.77. The van der Waals surface area contributed by atoms with Crippen molar-refractivity contribution in [1.82, 2.24) is 0 Å². The van der Waals surface area contributed by atoms with Gasteiger partial charge in [-0.2, -0.15) is 11.8 Å². The van der Waals surface area contributed by atoms with E-state index in [0.29, 0.717) is 0 Å². The fraction of sp³-hybridized carbons (Fsp3) is 1.00. The molecule has 0 rings (SSSR count). The first-order valence-corrected chi connectivity index (χ1v) is 11.3. The average Bonchev–Trinajstić information content (AvgIpc) is 2.57. The van der Waals surface area contributed by atoms with E-state index in [-0.39, 0.29) is 6.61 Å². The lowest BCUT2D eigenvalue weighted by Gasteiger charge is -2.04. The van der Waals surface area contributed by atoms with Crippen molar-refractivity contribution in [3.63, 3.8) is 0 Å². The van der Waals surface area contributed by atoms with Gasteiger partial charge in [0.25, 0.3) is 0 Å². The Bertz CT molecular complexity index is 180. The molecule has 0 radical (unpaired) electrons. The average molecular weight is 347 g/mol. The van der Waals surface area contributed by atoms with E-state index in [4.69, 9.17) is 9.84 Å². The summed E-state index contributed by atoms with van der Waals surface area (Å²) in [5.74, 6) is 1.85. The number of thioether (sulfide) groups is 1. The molecule has 3 heteroatoms. The number of hydrogen-bond donors (Lipinski definition) is 1. The van der Waals surface area contributed by atoms with Crippen LogP contribution in [0.25, 0.3) is 0 Å². The van der Waals surface area contributed by atoms with Crippen LogP contribution in [-0.2, 0) is 4.74 Å². The Labute approximate surface area is 150 Å². The quantitative estimate of drug-likeness (QED) is 0.266. The normalized spacial score (nSPS) is 11.2. The van der Waals surface area contributed by atoms with Crippen molar-refractivity contribution < 1.29 is 9.84 Å². The minimum Gasteiger partial charge on any atom is -0.396 e. The van der Waals surface area contributed by atoms with Gasteiger partial charge in [-0.05, 0) is 6.42 Å². The van der Waals surface area contributed by atoms with Gasteiger partial charge in [0.1, 0.15) is 0 Å². The highest BCUT2D eigenvalue weighted by molar-refractivity contribution is 7.99. The lowest BCUT2D eigenvalue weighted by Crippen LogP contribution is -2.00. The van der Waals surface area contributed by atoms with Crippen molar-refractivity contribution in [3.8, 4) is 0 Å². The molecule has 0 heterocycles. The number of ether oxygens (including phenoxy) is 1. The lowest BCUT2D eigenvalue weighted by atomic mass is 10.0. The van der Waals surface area contributed by atoms with Gasteiger partial charge in [0, 0.05) is 18.1 Å². The van der Waals surface area contributed by atoms with Gasteiger partial charge in [0.05, 0.1) is 13.2 Å². The molecule has 2 nitrogen and oxygen atoms in total. The molecule has 0 saturated carbocycles. The number of unbranched alkanes of at least 4 members (excludes halogenated alkanes) is 13. The second kappa shape index (κ2) is 22.3. The first kappa shape index (κ1) is 23.3. The summed E-state index contributed by atoms with van der Waals surface area (Å²) in [6.45, 7) is 4.32. The fourth-order valence-electron chi connectivity index (χ4n) is 2.79. The standard InChI is InChI=1S/C20H42O2S/c1-2-3-4-5-6-7-8-9-10-11-12-13-14-15-17-22-18-20-23-19-16-21/h21H,2-20H2,1H3. The van der Waals surface area contributed by atoms with Crippen LogP contribution in [0.2, 0.25) is 0 Å². The van der Waals surface area contributed by atoms with Crippen molar-refractivity contribution >= 4 is 11.8 Å². The van der Waals surface area contributed by atoms with Gasteiger partial charge >= 0.3 is 0 Å². The van der Waals surface area contributed by atoms with E-state index in [1.165, 1.54) is 89.9 Å². The minimum atomic E-state index is 0.281. The number of rotatable bonds is 20. The Hall–Kier alpha value is 0.270. The van der Waals surface area contributed by atoms with E-state index in [1.54, 1.807) is 11.8 Å². The van der Waals surface area contributed by atoms with Gasteiger partial charge in [-0.3, -0.25) is 0 Å². The SMILES string of the molecule is CCCCCCCCCCCCCCCCOCCSCCO. The van der Waals surface area contributed by atoms with Crippen LogP contribution in [-0.4, -0.2) is 36.4 Å². The van der Waals surface area contributed by atoms with E-state index >= 15 is 0 Å². The molecular formula is C20H42O2S. The molecule has 0 unspecified atom stereocenters. The maximum absolute atomic E-state index is 8.65. The highest BCUT2D eigenvalue weighted by atomic mass is 32.2. The molecule has 140 valence electrons. The molecule has 1 N–H and O–H groups in total. The summed E-state index contributed by atoms with van der Waals surface area (Å²) in [5.41, 5.74) is 0. The summed E-state index contributed by atoms with van der Waals surface area (Å²) in [4.78, 5) is 0. The van der Waals surface area contributed by atoms with Crippen LogP contribution in [0.5, 0.6) is 0 Å². The van der Waals surface area contributed by atoms with Crippen molar-refractivity contribution in [2.24, 2.45) is 0 Å². The molecular weight excluding hydrogens is 304 g/mol. The number of aliphatic hydroxyl groups is 1. The van der Waals surface area contributed by atoms with E-state index < -0.39 is 0 Å². The van der Waals surface area contributed by atoms with Gasteiger partial charge < -0.3 is 9.84 Å². The lowest BCUT2D eigenvalue weighted by molar-refractivity contribution is 0.145. The van der Waals surface area contributed by atoms with Crippen LogP contribution >= 0.6 is 11.8 Å². The smallest absolute Gasteiger partial charge is 0.0556 e. The highest BCUT2D eigenvalue weighted by Crippen LogP contribution is 2.12. The van der Waals surface area contributed by atoms with Crippen molar-refractivity contribution in [2.45, 2.75) is 96.8 Å². The monoisotopic (exact) mass is 346 g/mol. The third kappa shape index (κ3) is 22.3. The Morgan fingerprint density at radius 1 is 0.609 bits per heavy atom. The van der Waals surface area contributed by atoms with Crippen LogP contribution in [0, 0.1) is 0 Å². The van der Waals surface area contributed by atoms with Crippen molar-refractivity contribution in [3.05, 3.63) is 0 Å². The van der Waals surface area contributed by atoms with Gasteiger partial charge in [-0.25, -0.2) is 0 Å². The summed E-state index contributed by atoms with van der Waals surface area (Å²) >= 11 is 1.77. The van der Waals surface area contributed by atoms with Crippen LogP contribution in [0.15, 0.2) is 0 Å². The fourth-order valence-corrected chi connectivity index (χ4v) is 3.35. The summed E-state index contributed by atoms with van der Waals surface area (Å²) in [6, 6.07) is 0. The van der Waals surface area contributed by atoms with Crippen LogP contribution in [0.1, 0.15) is 96.8 Å². The molecule has 0 aliphatic carbocycles.